The summed E-state index contributed by atoms with van der Waals surface area (Å²) in [6, 6.07) is 17.3. The van der Waals surface area contributed by atoms with Crippen molar-refractivity contribution >= 4 is 0 Å². The second-order valence-electron chi connectivity index (χ2n) is 7.15. The van der Waals surface area contributed by atoms with Gasteiger partial charge in [-0.15, -0.1) is 0 Å². The summed E-state index contributed by atoms with van der Waals surface area (Å²) in [7, 11) is 0. The molecule has 1 aliphatic heterocycles. The molecule has 3 aromatic rings. The zero-order valence-electron chi connectivity index (χ0n) is 15.7. The Bertz CT molecular complexity index is 902. The van der Waals surface area contributed by atoms with Gasteiger partial charge in [0.05, 0.1) is 24.1 Å². The molecular weight excluding hydrogens is 341 g/mol. The number of ether oxygens (including phenoxy) is 1. The fraction of sp³-hybridized carbons (Fsp3) is 0.318. The Morgan fingerprint density at radius 2 is 1.81 bits per heavy atom. The second kappa shape index (κ2) is 7.62. The van der Waals surface area contributed by atoms with Crippen molar-refractivity contribution in [2.45, 2.75) is 26.5 Å². The van der Waals surface area contributed by atoms with Crippen LogP contribution in [0.1, 0.15) is 28.6 Å². The number of morpholine rings is 1. The zero-order valence-corrected chi connectivity index (χ0v) is 15.7. The van der Waals surface area contributed by atoms with E-state index in [0.717, 1.165) is 42.3 Å². The van der Waals surface area contributed by atoms with E-state index in [1.807, 2.05) is 23.7 Å². The SMILES string of the molecule is Cc1cc(C)n(-c2ccc(CN3CCO[C@@H](c4ccc(F)cc4)C3)cc2)n1. The molecule has 0 bridgehead atoms. The summed E-state index contributed by atoms with van der Waals surface area (Å²) in [5.74, 6) is -0.214. The minimum atomic E-state index is -0.214. The molecule has 1 fully saturated rings. The standard InChI is InChI=1S/C22H24FN3O/c1-16-13-17(2)26(24-16)21-9-3-18(4-10-21)14-25-11-12-27-22(15-25)19-5-7-20(23)8-6-19/h3-10,13,22H,11-12,14-15H2,1-2H3/t22-/m1/s1. The first-order valence-electron chi connectivity index (χ1n) is 9.30. The highest BCUT2D eigenvalue weighted by molar-refractivity contribution is 5.36. The molecule has 1 aromatic heterocycles. The number of nitrogens with zero attached hydrogens (tertiary/aromatic N) is 3. The van der Waals surface area contributed by atoms with E-state index in [0.29, 0.717) is 6.61 Å². The zero-order chi connectivity index (χ0) is 18.8. The fourth-order valence-corrected chi connectivity index (χ4v) is 3.62. The quantitative estimate of drug-likeness (QED) is 0.694. The lowest BCUT2D eigenvalue weighted by Gasteiger charge is -2.33. The first-order chi connectivity index (χ1) is 13.1. The first-order valence-corrected chi connectivity index (χ1v) is 9.30. The molecule has 4 rings (SSSR count). The average Bonchev–Trinajstić information content (AvgIpc) is 3.01. The molecule has 140 valence electrons. The molecular formula is C22H24FN3O. The van der Waals surface area contributed by atoms with E-state index in [1.54, 1.807) is 0 Å². The summed E-state index contributed by atoms with van der Waals surface area (Å²) in [4.78, 5) is 2.38. The molecule has 2 heterocycles. The van der Waals surface area contributed by atoms with Gasteiger partial charge in [0.1, 0.15) is 5.82 Å². The second-order valence-corrected chi connectivity index (χ2v) is 7.15. The van der Waals surface area contributed by atoms with E-state index in [9.17, 15) is 4.39 Å². The van der Waals surface area contributed by atoms with Crippen molar-refractivity contribution in [2.75, 3.05) is 19.7 Å². The normalized spacial score (nSPS) is 18.0. The molecule has 0 saturated carbocycles. The molecule has 0 N–H and O–H groups in total. The minimum Gasteiger partial charge on any atom is -0.371 e. The van der Waals surface area contributed by atoms with E-state index in [4.69, 9.17) is 4.74 Å². The predicted octanol–water partition coefficient (Wildman–Crippen LogP) is 4.20. The molecule has 0 spiro atoms. The molecule has 1 atom stereocenters. The molecule has 0 amide bonds. The third-order valence-electron chi connectivity index (χ3n) is 4.99. The molecule has 4 nitrogen and oxygen atoms in total. The van der Waals surface area contributed by atoms with Crippen LogP contribution in [0.4, 0.5) is 4.39 Å². The van der Waals surface area contributed by atoms with Gasteiger partial charge in [-0.05, 0) is 55.3 Å². The predicted molar refractivity (Wildman–Crippen MR) is 103 cm³/mol. The highest BCUT2D eigenvalue weighted by atomic mass is 19.1. The van der Waals surface area contributed by atoms with Crippen molar-refractivity contribution in [3.63, 3.8) is 0 Å². The lowest BCUT2D eigenvalue weighted by molar-refractivity contribution is -0.0329. The third kappa shape index (κ3) is 4.10. The van der Waals surface area contributed by atoms with Gasteiger partial charge in [0.15, 0.2) is 0 Å². The Balaban J connectivity index is 1.42. The average molecular weight is 365 g/mol. The van der Waals surface area contributed by atoms with Crippen LogP contribution < -0.4 is 0 Å². The molecule has 0 radical (unpaired) electrons. The van der Waals surface area contributed by atoms with Gasteiger partial charge in [0.25, 0.3) is 0 Å². The highest BCUT2D eigenvalue weighted by Gasteiger charge is 2.22. The molecule has 0 aliphatic carbocycles. The summed E-state index contributed by atoms with van der Waals surface area (Å²) < 4.78 is 21.0. The summed E-state index contributed by atoms with van der Waals surface area (Å²) in [5.41, 5.74) is 5.53. The molecule has 5 heteroatoms. The van der Waals surface area contributed by atoms with Gasteiger partial charge in [0, 0.05) is 25.3 Å². The van der Waals surface area contributed by atoms with Crippen molar-refractivity contribution in [3.05, 3.63) is 82.9 Å². The Labute approximate surface area is 159 Å². The number of aromatic nitrogens is 2. The van der Waals surface area contributed by atoms with Gasteiger partial charge in [-0.1, -0.05) is 24.3 Å². The number of benzene rings is 2. The number of hydrogen-bond acceptors (Lipinski definition) is 3. The largest absolute Gasteiger partial charge is 0.371 e. The molecule has 1 saturated heterocycles. The van der Waals surface area contributed by atoms with Crippen LogP contribution in [0, 0.1) is 19.7 Å². The van der Waals surface area contributed by atoms with Crippen LogP contribution >= 0.6 is 0 Å². The van der Waals surface area contributed by atoms with Crippen molar-refractivity contribution in [1.82, 2.24) is 14.7 Å². The van der Waals surface area contributed by atoms with Crippen LogP contribution in [0.5, 0.6) is 0 Å². The fourth-order valence-electron chi connectivity index (χ4n) is 3.62. The molecule has 0 unspecified atom stereocenters. The summed E-state index contributed by atoms with van der Waals surface area (Å²) in [5, 5.41) is 4.54. The van der Waals surface area contributed by atoms with Crippen molar-refractivity contribution in [3.8, 4) is 5.69 Å². The number of halogens is 1. The maximum absolute atomic E-state index is 13.1. The van der Waals surface area contributed by atoms with Crippen molar-refractivity contribution < 1.29 is 9.13 Å². The maximum Gasteiger partial charge on any atom is 0.123 e. The van der Waals surface area contributed by atoms with Crippen LogP contribution in [-0.4, -0.2) is 34.4 Å². The molecule has 27 heavy (non-hydrogen) atoms. The van der Waals surface area contributed by atoms with Gasteiger partial charge in [-0.3, -0.25) is 4.90 Å². The van der Waals surface area contributed by atoms with Crippen LogP contribution in [0.25, 0.3) is 5.69 Å². The van der Waals surface area contributed by atoms with E-state index >= 15 is 0 Å². The van der Waals surface area contributed by atoms with Crippen LogP contribution in [0.15, 0.2) is 54.6 Å². The lowest BCUT2D eigenvalue weighted by Crippen LogP contribution is -2.37. The number of rotatable bonds is 4. The van der Waals surface area contributed by atoms with Crippen LogP contribution in [-0.2, 0) is 11.3 Å². The van der Waals surface area contributed by atoms with Gasteiger partial charge in [-0.25, -0.2) is 9.07 Å². The lowest BCUT2D eigenvalue weighted by atomic mass is 10.1. The first kappa shape index (κ1) is 17.9. The Morgan fingerprint density at radius 3 is 2.48 bits per heavy atom. The van der Waals surface area contributed by atoms with E-state index < -0.39 is 0 Å². The van der Waals surface area contributed by atoms with E-state index in [2.05, 4.69) is 47.3 Å². The van der Waals surface area contributed by atoms with Gasteiger partial charge < -0.3 is 4.74 Å². The minimum absolute atomic E-state index is 0.00618. The monoisotopic (exact) mass is 365 g/mol. The van der Waals surface area contributed by atoms with Gasteiger partial charge in [0.2, 0.25) is 0 Å². The van der Waals surface area contributed by atoms with Crippen LogP contribution in [0.2, 0.25) is 0 Å². The number of aryl methyl sites for hydroxylation is 2. The molecule has 1 aliphatic rings. The maximum atomic E-state index is 13.1. The summed E-state index contributed by atoms with van der Waals surface area (Å²) >= 11 is 0. The summed E-state index contributed by atoms with van der Waals surface area (Å²) in [6.45, 7) is 7.34. The number of hydrogen-bond donors (Lipinski definition) is 0. The van der Waals surface area contributed by atoms with Crippen molar-refractivity contribution in [2.24, 2.45) is 0 Å². The highest BCUT2D eigenvalue weighted by Crippen LogP contribution is 2.24. The smallest absolute Gasteiger partial charge is 0.123 e. The Kier molecular flexibility index (Phi) is 5.05. The van der Waals surface area contributed by atoms with E-state index in [1.165, 1.54) is 17.7 Å². The Hall–Kier alpha value is -2.50. The third-order valence-corrected chi connectivity index (χ3v) is 4.99. The van der Waals surface area contributed by atoms with Crippen molar-refractivity contribution in [1.29, 1.82) is 0 Å². The van der Waals surface area contributed by atoms with Gasteiger partial charge >= 0.3 is 0 Å². The Morgan fingerprint density at radius 1 is 1.07 bits per heavy atom. The van der Waals surface area contributed by atoms with Gasteiger partial charge in [-0.2, -0.15) is 5.10 Å². The molecule has 2 aromatic carbocycles. The van der Waals surface area contributed by atoms with E-state index in [-0.39, 0.29) is 11.9 Å². The van der Waals surface area contributed by atoms with Crippen LogP contribution in [0.3, 0.4) is 0 Å². The summed E-state index contributed by atoms with van der Waals surface area (Å²) in [6.07, 6.45) is -0.00618. The topological polar surface area (TPSA) is 30.3 Å².